The number of esters is 1. The van der Waals surface area contributed by atoms with Crippen molar-refractivity contribution in [2.45, 2.75) is 13.2 Å². The molecular formula is C25H21FN2O7. The lowest BCUT2D eigenvalue weighted by Gasteiger charge is -2.14. The number of benzene rings is 2. The van der Waals surface area contributed by atoms with Crippen molar-refractivity contribution in [3.8, 4) is 11.5 Å². The van der Waals surface area contributed by atoms with E-state index in [9.17, 15) is 18.8 Å². The molecule has 0 unspecified atom stereocenters. The maximum atomic E-state index is 14.0. The number of nitrogens with one attached hydrogen (secondary N) is 1. The summed E-state index contributed by atoms with van der Waals surface area (Å²) in [4.78, 5) is 37.9. The molecule has 3 amide bonds. The molecule has 0 bridgehead atoms. The Hall–Kier alpha value is -4.60. The lowest BCUT2D eigenvalue weighted by molar-refractivity contribution is -0.123. The van der Waals surface area contributed by atoms with E-state index in [0.717, 1.165) is 4.90 Å². The number of nitrogens with zero attached hydrogens (tertiary/aromatic N) is 1. The third kappa shape index (κ3) is 5.01. The summed E-state index contributed by atoms with van der Waals surface area (Å²) in [6.45, 7) is -0.259. The van der Waals surface area contributed by atoms with Gasteiger partial charge in [-0.25, -0.2) is 14.0 Å². The smallest absolute Gasteiger partial charge is 0.373 e. The average Bonchev–Trinajstić information content (AvgIpc) is 3.44. The maximum absolute atomic E-state index is 14.0. The van der Waals surface area contributed by atoms with E-state index in [-0.39, 0.29) is 36.1 Å². The molecule has 180 valence electrons. The van der Waals surface area contributed by atoms with Crippen LogP contribution in [0.25, 0.3) is 6.08 Å². The number of rotatable bonds is 8. The van der Waals surface area contributed by atoms with Crippen LogP contribution in [0.1, 0.15) is 27.4 Å². The van der Waals surface area contributed by atoms with Crippen LogP contribution in [0.15, 0.2) is 64.7 Å². The summed E-state index contributed by atoms with van der Waals surface area (Å²) in [5.41, 5.74) is 0.786. The van der Waals surface area contributed by atoms with Crippen LogP contribution >= 0.6 is 0 Å². The van der Waals surface area contributed by atoms with E-state index in [0.29, 0.717) is 16.9 Å². The first-order chi connectivity index (χ1) is 16.9. The first-order valence-corrected chi connectivity index (χ1v) is 10.5. The predicted molar refractivity (Wildman–Crippen MR) is 121 cm³/mol. The summed E-state index contributed by atoms with van der Waals surface area (Å²) in [6, 6.07) is 13.4. The summed E-state index contributed by atoms with van der Waals surface area (Å²) >= 11 is 0. The number of hydrogen-bond acceptors (Lipinski definition) is 7. The zero-order chi connectivity index (χ0) is 24.9. The third-order valence-corrected chi connectivity index (χ3v) is 5.18. The van der Waals surface area contributed by atoms with Gasteiger partial charge in [-0.1, -0.05) is 30.3 Å². The van der Waals surface area contributed by atoms with E-state index in [2.05, 4.69) is 10.1 Å². The molecule has 1 fully saturated rings. The molecule has 0 saturated carbocycles. The highest BCUT2D eigenvalue weighted by molar-refractivity contribution is 6.14. The summed E-state index contributed by atoms with van der Waals surface area (Å²) in [7, 11) is 2.67. The molecule has 35 heavy (non-hydrogen) atoms. The Kier molecular flexibility index (Phi) is 6.81. The molecule has 1 aliphatic heterocycles. The van der Waals surface area contributed by atoms with Crippen molar-refractivity contribution in [3.05, 3.63) is 88.8 Å². The summed E-state index contributed by atoms with van der Waals surface area (Å²) < 4.78 is 35.2. The van der Waals surface area contributed by atoms with Crippen LogP contribution < -0.4 is 14.8 Å². The lowest BCUT2D eigenvalue weighted by Crippen LogP contribution is -2.30. The van der Waals surface area contributed by atoms with Crippen molar-refractivity contribution in [2.24, 2.45) is 0 Å². The first kappa shape index (κ1) is 23.6. The van der Waals surface area contributed by atoms with Crippen molar-refractivity contribution >= 4 is 24.0 Å². The normalized spacial score (nSPS) is 14.3. The molecule has 2 aromatic carbocycles. The van der Waals surface area contributed by atoms with E-state index in [1.807, 2.05) is 0 Å². The van der Waals surface area contributed by atoms with Gasteiger partial charge in [-0.2, -0.15) is 0 Å². The number of carbonyl (C=O) groups is 3. The number of urea groups is 1. The molecule has 3 aromatic rings. The largest absolute Gasteiger partial charge is 0.493 e. The number of carbonyl (C=O) groups excluding carboxylic acids is 3. The molecule has 0 radical (unpaired) electrons. The number of amides is 3. The maximum Gasteiger partial charge on any atom is 0.373 e. The SMILES string of the molecule is COC(=O)c1ccc(CN2C(=O)N/C(=C/c3cccc(OC)c3OCc3ccccc3F)C2=O)o1. The Morgan fingerprint density at radius 2 is 1.89 bits per heavy atom. The van der Waals surface area contributed by atoms with Crippen LogP contribution in [-0.4, -0.2) is 37.0 Å². The van der Waals surface area contributed by atoms with Crippen molar-refractivity contribution in [2.75, 3.05) is 14.2 Å². The second-order valence-electron chi connectivity index (χ2n) is 7.40. The summed E-state index contributed by atoms with van der Waals surface area (Å²) in [6.07, 6.45) is 1.45. The fraction of sp³-hybridized carbons (Fsp3) is 0.160. The molecule has 2 heterocycles. The Balaban J connectivity index is 1.56. The lowest BCUT2D eigenvalue weighted by atomic mass is 10.1. The number of methoxy groups -OCH3 is 2. The molecule has 0 spiro atoms. The minimum absolute atomic E-state index is 0.00116. The van der Waals surface area contributed by atoms with E-state index in [4.69, 9.17) is 13.9 Å². The molecule has 1 saturated heterocycles. The number of ether oxygens (including phenoxy) is 3. The topological polar surface area (TPSA) is 107 Å². The Morgan fingerprint density at radius 3 is 2.63 bits per heavy atom. The molecular weight excluding hydrogens is 459 g/mol. The fourth-order valence-electron chi connectivity index (χ4n) is 3.43. The Morgan fingerprint density at radius 1 is 1.09 bits per heavy atom. The van der Waals surface area contributed by atoms with Crippen LogP contribution in [0, 0.1) is 5.82 Å². The first-order valence-electron chi connectivity index (χ1n) is 10.5. The van der Waals surface area contributed by atoms with E-state index >= 15 is 0 Å². The predicted octanol–water partition coefficient (Wildman–Crippen LogP) is 3.89. The van der Waals surface area contributed by atoms with Crippen molar-refractivity contribution in [1.82, 2.24) is 10.2 Å². The standard InChI is InChI=1S/C25H21FN2O7/c1-32-20-9-5-7-15(22(20)34-14-16-6-3-4-8-18(16)26)12-19-23(29)28(25(31)27-19)13-17-10-11-21(35-17)24(30)33-2/h3-12H,13-14H2,1-2H3,(H,27,31)/b19-12+. The van der Waals surface area contributed by atoms with Crippen molar-refractivity contribution in [1.29, 1.82) is 0 Å². The zero-order valence-electron chi connectivity index (χ0n) is 18.9. The Labute approximate surface area is 199 Å². The van der Waals surface area contributed by atoms with Crippen molar-refractivity contribution in [3.63, 3.8) is 0 Å². The summed E-state index contributed by atoms with van der Waals surface area (Å²) in [5.74, 6) is -0.854. The number of para-hydroxylation sites is 1. The number of halogens is 1. The van der Waals surface area contributed by atoms with E-state index < -0.39 is 23.7 Å². The van der Waals surface area contributed by atoms with Gasteiger partial charge in [0.15, 0.2) is 11.5 Å². The molecule has 0 aliphatic carbocycles. The van der Waals surface area contributed by atoms with Crippen LogP contribution in [0.4, 0.5) is 9.18 Å². The minimum atomic E-state index is -0.671. The molecule has 1 N–H and O–H groups in total. The number of hydrogen-bond donors (Lipinski definition) is 1. The van der Waals surface area contributed by atoms with Crippen LogP contribution in [0.3, 0.4) is 0 Å². The van der Waals surface area contributed by atoms with Gasteiger partial charge in [0.25, 0.3) is 5.91 Å². The van der Waals surface area contributed by atoms with Crippen LogP contribution in [0.2, 0.25) is 0 Å². The molecule has 9 nitrogen and oxygen atoms in total. The fourth-order valence-corrected chi connectivity index (χ4v) is 3.43. The highest BCUT2D eigenvalue weighted by atomic mass is 19.1. The average molecular weight is 480 g/mol. The quantitative estimate of drug-likeness (QED) is 0.296. The third-order valence-electron chi connectivity index (χ3n) is 5.18. The highest BCUT2D eigenvalue weighted by Gasteiger charge is 2.34. The van der Waals surface area contributed by atoms with Gasteiger partial charge in [0.2, 0.25) is 5.76 Å². The molecule has 4 rings (SSSR count). The Bertz CT molecular complexity index is 1310. The van der Waals surface area contributed by atoms with Gasteiger partial charge in [-0.15, -0.1) is 0 Å². The second kappa shape index (κ2) is 10.1. The van der Waals surface area contributed by atoms with Crippen LogP contribution in [0.5, 0.6) is 11.5 Å². The van der Waals surface area contributed by atoms with Gasteiger partial charge < -0.3 is 23.9 Å². The molecule has 1 aromatic heterocycles. The van der Waals surface area contributed by atoms with Gasteiger partial charge in [0.05, 0.1) is 20.8 Å². The molecule has 0 atom stereocenters. The van der Waals surface area contributed by atoms with E-state index in [1.54, 1.807) is 36.4 Å². The molecule has 1 aliphatic rings. The van der Waals surface area contributed by atoms with Gasteiger partial charge in [0.1, 0.15) is 23.9 Å². The van der Waals surface area contributed by atoms with Gasteiger partial charge in [-0.3, -0.25) is 9.69 Å². The minimum Gasteiger partial charge on any atom is -0.493 e. The van der Waals surface area contributed by atoms with Gasteiger partial charge >= 0.3 is 12.0 Å². The highest BCUT2D eigenvalue weighted by Crippen LogP contribution is 2.34. The number of imide groups is 1. The van der Waals surface area contributed by atoms with Gasteiger partial charge in [-0.05, 0) is 30.3 Å². The van der Waals surface area contributed by atoms with Gasteiger partial charge in [0, 0.05) is 11.1 Å². The number of furan rings is 1. The monoisotopic (exact) mass is 480 g/mol. The van der Waals surface area contributed by atoms with E-state index in [1.165, 1.54) is 38.5 Å². The summed E-state index contributed by atoms with van der Waals surface area (Å²) in [5, 5.41) is 2.52. The van der Waals surface area contributed by atoms with Crippen LogP contribution in [-0.2, 0) is 22.7 Å². The van der Waals surface area contributed by atoms with Crippen molar-refractivity contribution < 1.29 is 37.4 Å². The molecule has 10 heteroatoms. The second-order valence-corrected chi connectivity index (χ2v) is 7.40. The zero-order valence-corrected chi connectivity index (χ0v) is 18.9.